The minimum absolute atomic E-state index is 0.0450. The van der Waals surface area contributed by atoms with Gasteiger partial charge in [0.2, 0.25) is 5.91 Å². The van der Waals surface area contributed by atoms with E-state index in [1.807, 2.05) is 43.0 Å². The summed E-state index contributed by atoms with van der Waals surface area (Å²) >= 11 is 0. The van der Waals surface area contributed by atoms with Crippen molar-refractivity contribution in [1.29, 1.82) is 0 Å². The smallest absolute Gasteiger partial charge is 0.251 e. The molecule has 0 radical (unpaired) electrons. The highest BCUT2D eigenvalue weighted by atomic mass is 16.2. The standard InChI is InChI=1S/C25H39N5O2/c1-3-14-27-23(31)21-12-8-9-19(16-21)17-28-25(26-4-2)29-22-13-15-30(18-22)24(32)20-10-6-5-7-11-20/h8-9,12,16,20,22H,3-7,10-11,13-15,17-18H2,1-2H3,(H,27,31)(H2,26,28,29). The van der Waals surface area contributed by atoms with Crippen molar-refractivity contribution in [2.75, 3.05) is 26.2 Å². The number of benzene rings is 1. The van der Waals surface area contributed by atoms with E-state index in [0.717, 1.165) is 56.8 Å². The van der Waals surface area contributed by atoms with E-state index in [4.69, 9.17) is 4.99 Å². The highest BCUT2D eigenvalue weighted by Crippen LogP contribution is 2.26. The molecule has 1 heterocycles. The van der Waals surface area contributed by atoms with E-state index in [1.165, 1.54) is 19.3 Å². The van der Waals surface area contributed by atoms with Gasteiger partial charge in [0.25, 0.3) is 5.91 Å². The molecular weight excluding hydrogens is 402 g/mol. The first-order valence-electron chi connectivity index (χ1n) is 12.3. The van der Waals surface area contributed by atoms with Gasteiger partial charge in [-0.15, -0.1) is 0 Å². The number of amides is 2. The molecule has 1 aromatic carbocycles. The Morgan fingerprint density at radius 3 is 2.66 bits per heavy atom. The SMILES string of the molecule is CCCNC(=O)c1cccc(CN=C(NCC)NC2CCN(C(=O)C3CCCCC3)C2)c1. The topological polar surface area (TPSA) is 85.8 Å². The molecule has 0 spiro atoms. The van der Waals surface area contributed by atoms with Gasteiger partial charge in [0, 0.05) is 43.7 Å². The predicted octanol–water partition coefficient (Wildman–Crippen LogP) is 3.06. The Labute approximate surface area is 192 Å². The third-order valence-electron chi connectivity index (χ3n) is 6.28. The Kier molecular flexibility index (Phi) is 9.38. The van der Waals surface area contributed by atoms with Gasteiger partial charge in [-0.05, 0) is 50.3 Å². The molecule has 2 fully saturated rings. The van der Waals surface area contributed by atoms with E-state index in [9.17, 15) is 9.59 Å². The van der Waals surface area contributed by atoms with Crippen LogP contribution in [0.1, 0.15) is 74.7 Å². The molecule has 176 valence electrons. The summed E-state index contributed by atoms with van der Waals surface area (Å²) in [6.45, 7) is 7.58. The van der Waals surface area contributed by atoms with E-state index >= 15 is 0 Å². The number of nitrogens with zero attached hydrogens (tertiary/aromatic N) is 2. The predicted molar refractivity (Wildman–Crippen MR) is 129 cm³/mol. The number of rotatable bonds is 8. The van der Waals surface area contributed by atoms with Crippen LogP contribution in [0, 0.1) is 5.92 Å². The Bertz CT molecular complexity index is 788. The molecule has 1 saturated carbocycles. The lowest BCUT2D eigenvalue weighted by Gasteiger charge is -2.26. The van der Waals surface area contributed by atoms with Crippen LogP contribution >= 0.6 is 0 Å². The molecule has 3 N–H and O–H groups in total. The summed E-state index contributed by atoms with van der Waals surface area (Å²) < 4.78 is 0. The van der Waals surface area contributed by atoms with Crippen LogP contribution in [-0.4, -0.2) is 54.9 Å². The lowest BCUT2D eigenvalue weighted by atomic mass is 9.88. The van der Waals surface area contributed by atoms with Crippen molar-refractivity contribution in [3.8, 4) is 0 Å². The van der Waals surface area contributed by atoms with Gasteiger partial charge in [-0.2, -0.15) is 0 Å². The number of carbonyl (C=O) groups excluding carboxylic acids is 2. The van der Waals surface area contributed by atoms with Crippen LogP contribution in [0.25, 0.3) is 0 Å². The molecule has 1 atom stereocenters. The fraction of sp³-hybridized carbons (Fsp3) is 0.640. The number of guanidine groups is 1. The van der Waals surface area contributed by atoms with Gasteiger partial charge in [-0.3, -0.25) is 9.59 Å². The van der Waals surface area contributed by atoms with E-state index in [-0.39, 0.29) is 17.9 Å². The summed E-state index contributed by atoms with van der Waals surface area (Å²) in [7, 11) is 0. The van der Waals surface area contributed by atoms with E-state index in [1.54, 1.807) is 0 Å². The van der Waals surface area contributed by atoms with Crippen molar-refractivity contribution in [3.05, 3.63) is 35.4 Å². The molecule has 7 heteroatoms. The molecule has 1 unspecified atom stereocenters. The largest absolute Gasteiger partial charge is 0.357 e. The number of aliphatic imine (C=N–C) groups is 1. The number of nitrogens with one attached hydrogen (secondary N) is 3. The second kappa shape index (κ2) is 12.5. The molecule has 1 aliphatic carbocycles. The van der Waals surface area contributed by atoms with Crippen LogP contribution < -0.4 is 16.0 Å². The van der Waals surface area contributed by atoms with Crippen LogP contribution in [0.15, 0.2) is 29.3 Å². The van der Waals surface area contributed by atoms with Gasteiger partial charge in [0.15, 0.2) is 5.96 Å². The lowest BCUT2D eigenvalue weighted by molar-refractivity contribution is -0.135. The average molecular weight is 442 g/mol. The summed E-state index contributed by atoms with van der Waals surface area (Å²) in [5.74, 6) is 1.28. The van der Waals surface area contributed by atoms with Crippen LogP contribution in [-0.2, 0) is 11.3 Å². The number of likely N-dealkylation sites (tertiary alicyclic amines) is 1. The fourth-order valence-electron chi connectivity index (χ4n) is 4.52. The quantitative estimate of drug-likeness (QED) is 0.428. The molecule has 1 aliphatic heterocycles. The maximum absolute atomic E-state index is 12.8. The Balaban J connectivity index is 1.55. The third kappa shape index (κ3) is 6.97. The number of hydrogen-bond donors (Lipinski definition) is 3. The maximum Gasteiger partial charge on any atom is 0.251 e. The highest BCUT2D eigenvalue weighted by molar-refractivity contribution is 5.94. The van der Waals surface area contributed by atoms with Crippen molar-refractivity contribution in [2.45, 2.75) is 71.4 Å². The fourth-order valence-corrected chi connectivity index (χ4v) is 4.52. The van der Waals surface area contributed by atoms with E-state index in [0.29, 0.717) is 24.6 Å². The molecule has 2 aliphatic rings. The van der Waals surface area contributed by atoms with Crippen molar-refractivity contribution >= 4 is 17.8 Å². The molecule has 2 amide bonds. The molecule has 0 aromatic heterocycles. The Morgan fingerprint density at radius 1 is 1.09 bits per heavy atom. The van der Waals surface area contributed by atoms with Crippen LogP contribution in [0.5, 0.6) is 0 Å². The van der Waals surface area contributed by atoms with Crippen LogP contribution in [0.4, 0.5) is 0 Å². The molecule has 32 heavy (non-hydrogen) atoms. The monoisotopic (exact) mass is 441 g/mol. The van der Waals surface area contributed by atoms with E-state index in [2.05, 4.69) is 16.0 Å². The summed E-state index contributed by atoms with van der Waals surface area (Å²) in [5, 5.41) is 9.73. The normalized spacial score (nSPS) is 19.6. The zero-order valence-corrected chi connectivity index (χ0v) is 19.7. The molecule has 1 saturated heterocycles. The first-order valence-corrected chi connectivity index (χ1v) is 12.3. The van der Waals surface area contributed by atoms with Gasteiger partial charge >= 0.3 is 0 Å². The first-order chi connectivity index (χ1) is 15.6. The summed E-state index contributed by atoms with van der Waals surface area (Å²) in [6, 6.07) is 7.84. The van der Waals surface area contributed by atoms with Gasteiger partial charge in [0.1, 0.15) is 0 Å². The first kappa shape index (κ1) is 24.1. The van der Waals surface area contributed by atoms with Gasteiger partial charge in [0.05, 0.1) is 6.54 Å². The van der Waals surface area contributed by atoms with Gasteiger partial charge in [-0.1, -0.05) is 38.3 Å². The Hall–Kier alpha value is -2.57. The zero-order chi connectivity index (χ0) is 22.8. The van der Waals surface area contributed by atoms with Crippen molar-refractivity contribution < 1.29 is 9.59 Å². The molecule has 0 bridgehead atoms. The summed E-state index contributed by atoms with van der Waals surface area (Å²) in [5.41, 5.74) is 1.66. The van der Waals surface area contributed by atoms with Crippen LogP contribution in [0.3, 0.4) is 0 Å². The maximum atomic E-state index is 12.8. The second-order valence-electron chi connectivity index (χ2n) is 8.90. The Morgan fingerprint density at radius 2 is 1.91 bits per heavy atom. The van der Waals surface area contributed by atoms with E-state index < -0.39 is 0 Å². The molecule has 3 rings (SSSR count). The molecule has 1 aromatic rings. The summed E-state index contributed by atoms with van der Waals surface area (Å²) in [6.07, 6.45) is 7.59. The van der Waals surface area contributed by atoms with Crippen molar-refractivity contribution in [2.24, 2.45) is 10.9 Å². The number of carbonyl (C=O) groups is 2. The van der Waals surface area contributed by atoms with Crippen LogP contribution in [0.2, 0.25) is 0 Å². The van der Waals surface area contributed by atoms with Gasteiger partial charge < -0.3 is 20.9 Å². The van der Waals surface area contributed by atoms with Crippen molar-refractivity contribution in [3.63, 3.8) is 0 Å². The minimum atomic E-state index is -0.0450. The third-order valence-corrected chi connectivity index (χ3v) is 6.28. The summed E-state index contributed by atoms with van der Waals surface area (Å²) in [4.78, 5) is 31.8. The lowest BCUT2D eigenvalue weighted by Crippen LogP contribution is -2.45. The molecule has 7 nitrogen and oxygen atoms in total. The minimum Gasteiger partial charge on any atom is -0.357 e. The average Bonchev–Trinajstić information content (AvgIpc) is 3.30. The highest BCUT2D eigenvalue weighted by Gasteiger charge is 2.31. The second-order valence-corrected chi connectivity index (χ2v) is 8.90. The zero-order valence-electron chi connectivity index (χ0n) is 19.7. The van der Waals surface area contributed by atoms with Crippen molar-refractivity contribution in [1.82, 2.24) is 20.9 Å². The molecular formula is C25H39N5O2. The van der Waals surface area contributed by atoms with Gasteiger partial charge in [-0.25, -0.2) is 4.99 Å². The number of hydrogen-bond acceptors (Lipinski definition) is 3.